The molecule has 5 atom stereocenters. The van der Waals surface area contributed by atoms with E-state index in [0.717, 1.165) is 20.8 Å². The van der Waals surface area contributed by atoms with Crippen molar-refractivity contribution in [3.63, 3.8) is 0 Å². The van der Waals surface area contributed by atoms with Gasteiger partial charge in [0.2, 0.25) is 41.4 Å². The van der Waals surface area contributed by atoms with E-state index in [1.807, 2.05) is 0 Å². The Hall–Kier alpha value is -4.57. The van der Waals surface area contributed by atoms with Crippen LogP contribution < -0.4 is 21.3 Å². The molecule has 0 aromatic carbocycles. The van der Waals surface area contributed by atoms with Gasteiger partial charge < -0.3 is 31.5 Å². The Morgan fingerprint density at radius 1 is 0.577 bits per heavy atom. The largest absolute Gasteiger partial charge is 0.396 e. The summed E-state index contributed by atoms with van der Waals surface area (Å²) in [5.74, 6) is -9.96. The predicted octanol–water partition coefficient (Wildman–Crippen LogP) is -3.24. The number of nitrogens with one attached hydrogen (secondary N) is 4. The topological polar surface area (TPSA) is 313 Å². The molecule has 5 unspecified atom stereocenters. The van der Waals surface area contributed by atoms with Gasteiger partial charge in [0.1, 0.15) is 6.04 Å². The van der Waals surface area contributed by atoms with Gasteiger partial charge in [-0.15, -0.1) is 0 Å². The van der Waals surface area contributed by atoms with Crippen molar-refractivity contribution in [3.05, 3.63) is 0 Å². The average Bonchev–Trinajstić information content (AvgIpc) is 3.09. The van der Waals surface area contributed by atoms with Crippen molar-refractivity contribution in [2.75, 3.05) is 39.4 Å². The first-order valence-corrected chi connectivity index (χ1v) is 16.8. The molecule has 1 rings (SSSR count). The molecule has 0 radical (unpaired) electrons. The fraction of sp³-hybridized carbons (Fsp3) is 0.710. The van der Waals surface area contributed by atoms with Gasteiger partial charge in [0.05, 0.1) is 37.8 Å². The van der Waals surface area contributed by atoms with E-state index >= 15 is 0 Å². The third-order valence-electron chi connectivity index (χ3n) is 8.26. The van der Waals surface area contributed by atoms with Crippen molar-refractivity contribution < 1.29 is 69.0 Å². The summed E-state index contributed by atoms with van der Waals surface area (Å²) in [6.07, 6.45) is -1.70. The first-order chi connectivity index (χ1) is 24.4. The van der Waals surface area contributed by atoms with Crippen LogP contribution in [-0.4, -0.2) is 151 Å². The van der Waals surface area contributed by atoms with E-state index in [4.69, 9.17) is 0 Å². The molecule has 0 bridgehead atoms. The van der Waals surface area contributed by atoms with Crippen molar-refractivity contribution in [1.29, 1.82) is 0 Å². The molecule has 21 heteroatoms. The first-order valence-electron chi connectivity index (χ1n) is 16.8. The molecule has 1 aliphatic heterocycles. The maximum atomic E-state index is 13.8. The zero-order chi connectivity index (χ0) is 39.5. The highest BCUT2D eigenvalue weighted by Crippen LogP contribution is 2.18. The highest BCUT2D eigenvalue weighted by Gasteiger charge is 2.33. The van der Waals surface area contributed by atoms with E-state index < -0.39 is 115 Å². The quantitative estimate of drug-likeness (QED) is 0.0624. The molecule has 1 fully saturated rings. The minimum absolute atomic E-state index is 0.00192. The molecule has 21 nitrogen and oxygen atoms in total. The number of aliphatic hydroxyl groups excluding tert-OH is 2. The number of Topliss-reactive ketones (excluding diaryl/α,β-unsaturated/α-hetero) is 2. The number of hydroxylamine groups is 6. The maximum Gasteiger partial charge on any atom is 0.245 e. The number of carbonyl (C=O) groups excluding carboxylic acids is 9. The molecule has 1 heterocycles. The number of amides is 7. The Kier molecular flexibility index (Phi) is 20.2. The Labute approximate surface area is 299 Å². The summed E-state index contributed by atoms with van der Waals surface area (Å²) < 4.78 is 0. The molecule has 294 valence electrons. The molecule has 0 spiro atoms. The van der Waals surface area contributed by atoms with Gasteiger partial charge in [-0.05, 0) is 38.5 Å². The van der Waals surface area contributed by atoms with Gasteiger partial charge in [-0.25, -0.2) is 15.2 Å². The molecule has 52 heavy (non-hydrogen) atoms. The SMILES string of the molecule is CC(=O)N(O)CCCC1CC(=O)C(CCCN(O)C(C)=O)NC(=O)CNC(=O)C(CO)NC(=O)C(CO)CC(=O)C(CCCN(O)C(C)=O)NC1=O. The van der Waals surface area contributed by atoms with Crippen LogP contribution in [0.2, 0.25) is 0 Å². The van der Waals surface area contributed by atoms with Gasteiger partial charge in [-0.1, -0.05) is 0 Å². The first kappa shape index (κ1) is 45.5. The van der Waals surface area contributed by atoms with Crippen LogP contribution in [0, 0.1) is 11.8 Å². The lowest BCUT2D eigenvalue weighted by molar-refractivity contribution is -0.163. The van der Waals surface area contributed by atoms with Crippen molar-refractivity contribution >= 4 is 52.9 Å². The van der Waals surface area contributed by atoms with Gasteiger partial charge in [0, 0.05) is 59.2 Å². The normalized spacial score (nSPS) is 22.6. The molecule has 0 aromatic rings. The fourth-order valence-electron chi connectivity index (χ4n) is 5.12. The molecule has 1 saturated heterocycles. The van der Waals surface area contributed by atoms with E-state index in [-0.39, 0.29) is 58.2 Å². The molecule has 0 aromatic heterocycles. The van der Waals surface area contributed by atoms with E-state index in [1.54, 1.807) is 0 Å². The zero-order valence-electron chi connectivity index (χ0n) is 29.5. The van der Waals surface area contributed by atoms with E-state index in [1.165, 1.54) is 0 Å². The third kappa shape index (κ3) is 16.2. The van der Waals surface area contributed by atoms with Gasteiger partial charge in [0.25, 0.3) is 0 Å². The number of nitrogens with zero attached hydrogens (tertiary/aromatic N) is 3. The fourth-order valence-corrected chi connectivity index (χ4v) is 5.12. The Bertz CT molecular complexity index is 1300. The van der Waals surface area contributed by atoms with Crippen molar-refractivity contribution in [2.24, 2.45) is 11.8 Å². The molecule has 1 aliphatic rings. The molecule has 0 saturated carbocycles. The molecule has 9 N–H and O–H groups in total. The van der Waals surface area contributed by atoms with Crippen LogP contribution in [0.1, 0.15) is 72.1 Å². The van der Waals surface area contributed by atoms with Crippen LogP contribution >= 0.6 is 0 Å². The van der Waals surface area contributed by atoms with Gasteiger partial charge in [-0.2, -0.15) is 0 Å². The predicted molar refractivity (Wildman–Crippen MR) is 174 cm³/mol. The summed E-state index contributed by atoms with van der Waals surface area (Å²) in [5.41, 5.74) is 0. The van der Waals surface area contributed by atoms with Crippen LogP contribution in [0.3, 0.4) is 0 Å². The number of hydrogen-bond acceptors (Lipinski definition) is 14. The summed E-state index contributed by atoms with van der Waals surface area (Å²) in [7, 11) is 0. The van der Waals surface area contributed by atoms with Crippen LogP contribution in [-0.2, 0) is 43.2 Å². The Morgan fingerprint density at radius 3 is 1.42 bits per heavy atom. The third-order valence-corrected chi connectivity index (χ3v) is 8.26. The standard InChI is InChI=1S/C31H51N7O14/c1-18(41)36(50)10-4-7-21-13-26(44)23(8-5-11-37(51)19(2)42)33-28(46)15-32-31(49)25(17-40)35-30(48)22(16-39)14-27(45)24(34-29(21)47)9-6-12-38(52)20(3)43/h21-25,39-40,50-52H,4-17H2,1-3H3,(H,32,49)(H,33,46)(H,34,47)(H,35,48). The minimum Gasteiger partial charge on any atom is -0.396 e. The van der Waals surface area contributed by atoms with Gasteiger partial charge in [0.15, 0.2) is 11.6 Å². The summed E-state index contributed by atoms with van der Waals surface area (Å²) in [4.78, 5) is 114. The monoisotopic (exact) mass is 745 g/mol. The molecular weight excluding hydrogens is 694 g/mol. The second-order valence-electron chi connectivity index (χ2n) is 12.4. The summed E-state index contributed by atoms with van der Waals surface area (Å²) in [5, 5.41) is 59.6. The van der Waals surface area contributed by atoms with E-state index in [2.05, 4.69) is 21.3 Å². The average molecular weight is 746 g/mol. The van der Waals surface area contributed by atoms with E-state index in [9.17, 15) is 69.0 Å². The zero-order valence-corrected chi connectivity index (χ0v) is 29.5. The Balaban J connectivity index is 3.56. The number of hydrogen-bond donors (Lipinski definition) is 9. The van der Waals surface area contributed by atoms with Crippen LogP contribution in [0.25, 0.3) is 0 Å². The maximum absolute atomic E-state index is 13.8. The molecule has 7 amide bonds. The van der Waals surface area contributed by atoms with Crippen molar-refractivity contribution in [3.8, 4) is 0 Å². The van der Waals surface area contributed by atoms with Crippen molar-refractivity contribution in [1.82, 2.24) is 36.5 Å². The number of aliphatic hydroxyl groups is 2. The second-order valence-corrected chi connectivity index (χ2v) is 12.4. The lowest BCUT2D eigenvalue weighted by Crippen LogP contribution is -2.54. The van der Waals surface area contributed by atoms with Crippen molar-refractivity contribution in [2.45, 2.75) is 90.3 Å². The van der Waals surface area contributed by atoms with Gasteiger partial charge >= 0.3 is 0 Å². The lowest BCUT2D eigenvalue weighted by Gasteiger charge is -2.26. The number of carbonyl (C=O) groups is 9. The smallest absolute Gasteiger partial charge is 0.245 e. The number of ketones is 2. The van der Waals surface area contributed by atoms with Crippen LogP contribution in [0.15, 0.2) is 0 Å². The summed E-state index contributed by atoms with van der Waals surface area (Å²) in [6, 6.07) is -4.31. The van der Waals surface area contributed by atoms with E-state index in [0.29, 0.717) is 15.2 Å². The summed E-state index contributed by atoms with van der Waals surface area (Å²) in [6.45, 7) is 0.0369. The highest BCUT2D eigenvalue weighted by atomic mass is 16.5. The highest BCUT2D eigenvalue weighted by molar-refractivity contribution is 5.97. The molecular formula is C31H51N7O14. The lowest BCUT2D eigenvalue weighted by atomic mass is 9.90. The number of rotatable bonds is 14. The van der Waals surface area contributed by atoms with Gasteiger partial charge in [-0.3, -0.25) is 58.8 Å². The minimum atomic E-state index is -1.61. The summed E-state index contributed by atoms with van der Waals surface area (Å²) >= 11 is 0. The molecule has 0 aliphatic carbocycles. The second kappa shape index (κ2) is 23.1. The Morgan fingerprint density at radius 2 is 0.981 bits per heavy atom. The van der Waals surface area contributed by atoms with Crippen LogP contribution in [0.4, 0.5) is 0 Å². The van der Waals surface area contributed by atoms with Crippen LogP contribution in [0.5, 0.6) is 0 Å².